The normalized spacial score (nSPS) is 14.9. The van der Waals surface area contributed by atoms with Crippen molar-refractivity contribution in [1.29, 1.82) is 0 Å². The Hall–Kier alpha value is -0.610. The van der Waals surface area contributed by atoms with Crippen LogP contribution in [0.2, 0.25) is 0 Å². The number of carbonyl (C=O) groups is 1. The molecule has 0 aromatic carbocycles. The third-order valence-corrected chi connectivity index (χ3v) is 2.22. The lowest BCUT2D eigenvalue weighted by Gasteiger charge is -2.32. The van der Waals surface area contributed by atoms with Crippen LogP contribution in [0.15, 0.2) is 0 Å². The lowest BCUT2D eigenvalue weighted by molar-refractivity contribution is -0.404. The molecule has 0 radical (unpaired) electrons. The summed E-state index contributed by atoms with van der Waals surface area (Å²) in [5.41, 5.74) is -1.26. The molecule has 0 aliphatic rings. The minimum Gasteiger partial charge on any atom is -0.481 e. The average Bonchev–Trinajstić information content (AvgIpc) is 2.09. The minimum atomic E-state index is -0.843. The van der Waals surface area contributed by atoms with E-state index < -0.39 is 23.1 Å². The van der Waals surface area contributed by atoms with Crippen molar-refractivity contribution in [1.82, 2.24) is 0 Å². The van der Waals surface area contributed by atoms with Gasteiger partial charge in [0.25, 0.3) is 0 Å². The summed E-state index contributed by atoms with van der Waals surface area (Å²) in [6.07, 6.45) is 1.38. The summed E-state index contributed by atoms with van der Waals surface area (Å²) in [6, 6.07) is 0. The molecule has 0 saturated carbocycles. The Morgan fingerprint density at radius 2 is 1.69 bits per heavy atom. The van der Waals surface area contributed by atoms with Gasteiger partial charge in [0.1, 0.15) is 5.60 Å². The molecule has 1 N–H and O–H groups in total. The molecule has 0 fully saturated rings. The maximum absolute atomic E-state index is 11.1. The van der Waals surface area contributed by atoms with Crippen LogP contribution in [-0.2, 0) is 14.6 Å². The molecule has 1 atom stereocenters. The monoisotopic (exact) mass is 232 g/mol. The van der Waals surface area contributed by atoms with Crippen molar-refractivity contribution in [2.45, 2.75) is 65.6 Å². The number of hydrogen-bond donors (Lipinski definition) is 1. The zero-order valence-corrected chi connectivity index (χ0v) is 11.2. The van der Waals surface area contributed by atoms with Gasteiger partial charge in [-0.05, 0) is 41.0 Å². The molecule has 4 heteroatoms. The summed E-state index contributed by atoms with van der Waals surface area (Å²) in [5, 5.41) is 9.13. The van der Waals surface area contributed by atoms with Crippen LogP contribution in [-0.4, -0.2) is 22.3 Å². The van der Waals surface area contributed by atoms with Gasteiger partial charge in [-0.3, -0.25) is 4.79 Å². The topological polar surface area (TPSA) is 55.8 Å². The van der Waals surface area contributed by atoms with Gasteiger partial charge in [0, 0.05) is 0 Å². The highest BCUT2D eigenvalue weighted by Crippen LogP contribution is 2.28. The van der Waals surface area contributed by atoms with Crippen molar-refractivity contribution in [3.63, 3.8) is 0 Å². The van der Waals surface area contributed by atoms with Crippen molar-refractivity contribution in [2.24, 2.45) is 5.92 Å². The van der Waals surface area contributed by atoms with Crippen LogP contribution in [0, 0.1) is 5.92 Å². The Labute approximate surface area is 97.9 Å². The maximum atomic E-state index is 11.1. The molecule has 0 aliphatic heterocycles. The minimum absolute atomic E-state index is 0.438. The van der Waals surface area contributed by atoms with E-state index in [0.29, 0.717) is 6.42 Å². The summed E-state index contributed by atoms with van der Waals surface area (Å²) in [7, 11) is 0. The fraction of sp³-hybridized carbons (Fsp3) is 0.917. The van der Waals surface area contributed by atoms with Gasteiger partial charge in [0.05, 0.1) is 11.5 Å². The molecule has 1 unspecified atom stereocenters. The third kappa shape index (κ3) is 5.47. The number of rotatable bonds is 6. The van der Waals surface area contributed by atoms with Crippen molar-refractivity contribution in [2.75, 3.05) is 0 Å². The molecule has 0 aromatic rings. The van der Waals surface area contributed by atoms with Gasteiger partial charge in [-0.25, -0.2) is 9.78 Å². The molecule has 0 bridgehead atoms. The van der Waals surface area contributed by atoms with Gasteiger partial charge < -0.3 is 5.11 Å². The fourth-order valence-corrected chi connectivity index (χ4v) is 1.35. The second-order valence-electron chi connectivity index (χ2n) is 5.56. The number of aliphatic carboxylic acids is 1. The van der Waals surface area contributed by atoms with Crippen LogP contribution in [0.3, 0.4) is 0 Å². The van der Waals surface area contributed by atoms with Crippen LogP contribution in [0.1, 0.15) is 54.4 Å². The predicted molar refractivity (Wildman–Crippen MR) is 62.0 cm³/mol. The van der Waals surface area contributed by atoms with E-state index >= 15 is 0 Å². The summed E-state index contributed by atoms with van der Waals surface area (Å²) in [4.78, 5) is 21.6. The van der Waals surface area contributed by atoms with Crippen LogP contribution in [0.25, 0.3) is 0 Å². The smallest absolute Gasteiger partial charge is 0.309 e. The first-order valence-corrected chi connectivity index (χ1v) is 5.70. The van der Waals surface area contributed by atoms with Crippen molar-refractivity contribution in [3.05, 3.63) is 0 Å². The Balaban J connectivity index is 4.53. The van der Waals surface area contributed by atoms with E-state index in [1.807, 2.05) is 27.7 Å². The van der Waals surface area contributed by atoms with E-state index in [4.69, 9.17) is 14.9 Å². The molecule has 4 nitrogen and oxygen atoms in total. The van der Waals surface area contributed by atoms with Gasteiger partial charge in [0.2, 0.25) is 0 Å². The van der Waals surface area contributed by atoms with Gasteiger partial charge in [-0.2, -0.15) is 0 Å². The third-order valence-electron chi connectivity index (χ3n) is 2.22. The summed E-state index contributed by atoms with van der Waals surface area (Å²) < 4.78 is 0. The van der Waals surface area contributed by atoms with E-state index in [1.54, 1.807) is 13.8 Å². The molecular formula is C12H24O4. The molecule has 0 rings (SSSR count). The zero-order chi connectivity index (χ0) is 13.0. The summed E-state index contributed by atoms with van der Waals surface area (Å²) in [5.74, 6) is -1.40. The van der Waals surface area contributed by atoms with Crippen molar-refractivity contribution >= 4 is 5.97 Å². The van der Waals surface area contributed by atoms with Gasteiger partial charge >= 0.3 is 5.97 Å². The largest absolute Gasteiger partial charge is 0.481 e. The maximum Gasteiger partial charge on any atom is 0.309 e. The molecule has 0 amide bonds. The molecule has 0 heterocycles. The lowest BCUT2D eigenvalue weighted by atomic mass is 9.87. The molecule has 96 valence electrons. The SMILES string of the molecule is CCCC(C(=O)O)C(C)(C)OOC(C)(C)C. The van der Waals surface area contributed by atoms with Crippen LogP contribution in [0.5, 0.6) is 0 Å². The highest BCUT2D eigenvalue weighted by molar-refractivity contribution is 5.71. The van der Waals surface area contributed by atoms with E-state index in [0.717, 1.165) is 6.42 Å². The van der Waals surface area contributed by atoms with Crippen LogP contribution in [0.4, 0.5) is 0 Å². The standard InChI is InChI=1S/C12H24O4/c1-7-8-9(10(13)14)12(5,6)16-15-11(2,3)4/h9H,7-8H2,1-6H3,(H,13,14). The molecule has 0 spiro atoms. The number of hydrogen-bond acceptors (Lipinski definition) is 3. The first kappa shape index (κ1) is 15.4. The first-order chi connectivity index (χ1) is 7.10. The molecule has 0 aromatic heterocycles. The van der Waals surface area contributed by atoms with E-state index in [-0.39, 0.29) is 0 Å². The van der Waals surface area contributed by atoms with Gasteiger partial charge in [-0.15, -0.1) is 0 Å². The summed E-state index contributed by atoms with van der Waals surface area (Å²) >= 11 is 0. The Morgan fingerprint density at radius 3 is 2.00 bits per heavy atom. The second-order valence-corrected chi connectivity index (χ2v) is 5.56. The molecule has 16 heavy (non-hydrogen) atoms. The van der Waals surface area contributed by atoms with Crippen LogP contribution >= 0.6 is 0 Å². The average molecular weight is 232 g/mol. The Bertz CT molecular complexity index is 228. The highest BCUT2D eigenvalue weighted by atomic mass is 17.2. The van der Waals surface area contributed by atoms with Gasteiger partial charge in [-0.1, -0.05) is 13.3 Å². The fourth-order valence-electron chi connectivity index (χ4n) is 1.35. The zero-order valence-electron chi connectivity index (χ0n) is 11.2. The summed E-state index contributed by atoms with van der Waals surface area (Å²) in [6.45, 7) is 11.0. The van der Waals surface area contributed by atoms with E-state index in [1.165, 1.54) is 0 Å². The quantitative estimate of drug-likeness (QED) is 0.565. The molecule has 0 aliphatic carbocycles. The molecular weight excluding hydrogens is 208 g/mol. The number of carboxylic acids is 1. The van der Waals surface area contributed by atoms with Crippen LogP contribution < -0.4 is 0 Å². The highest BCUT2D eigenvalue weighted by Gasteiger charge is 2.37. The van der Waals surface area contributed by atoms with E-state index in [2.05, 4.69) is 0 Å². The van der Waals surface area contributed by atoms with Crippen molar-refractivity contribution in [3.8, 4) is 0 Å². The lowest BCUT2D eigenvalue weighted by Crippen LogP contribution is -2.41. The first-order valence-electron chi connectivity index (χ1n) is 5.70. The van der Waals surface area contributed by atoms with Crippen molar-refractivity contribution < 1.29 is 19.7 Å². The Morgan fingerprint density at radius 1 is 1.19 bits per heavy atom. The van der Waals surface area contributed by atoms with E-state index in [9.17, 15) is 4.79 Å². The number of carboxylic acid groups (broad SMARTS) is 1. The molecule has 0 saturated heterocycles. The predicted octanol–water partition coefficient (Wildman–Crippen LogP) is 3.01. The second kappa shape index (κ2) is 5.64. The van der Waals surface area contributed by atoms with Gasteiger partial charge in [0.15, 0.2) is 0 Å². The Kier molecular flexibility index (Phi) is 5.42.